The molecule has 0 saturated carbocycles. The predicted molar refractivity (Wildman–Crippen MR) is 53.5 cm³/mol. The molecule has 1 N–H and O–H groups in total. The third-order valence-electron chi connectivity index (χ3n) is 2.15. The van der Waals surface area contributed by atoms with E-state index < -0.39 is 5.97 Å². The molecule has 2 aromatic rings. The van der Waals surface area contributed by atoms with Crippen LogP contribution in [0.25, 0.3) is 5.52 Å². The van der Waals surface area contributed by atoms with Crippen molar-refractivity contribution in [1.82, 2.24) is 4.40 Å². The van der Waals surface area contributed by atoms with E-state index in [-0.39, 0.29) is 6.42 Å². The third-order valence-corrected chi connectivity index (χ3v) is 2.15. The van der Waals surface area contributed by atoms with Crippen molar-refractivity contribution < 1.29 is 9.90 Å². The quantitative estimate of drug-likeness (QED) is 0.783. The Morgan fingerprint density at radius 1 is 1.43 bits per heavy atom. The van der Waals surface area contributed by atoms with Gasteiger partial charge in [-0.1, -0.05) is 6.07 Å². The second kappa shape index (κ2) is 3.18. The van der Waals surface area contributed by atoms with Crippen molar-refractivity contribution in [2.75, 3.05) is 0 Å². The summed E-state index contributed by atoms with van der Waals surface area (Å²) in [4.78, 5) is 10.5. The van der Waals surface area contributed by atoms with Gasteiger partial charge in [-0.05, 0) is 30.2 Å². The summed E-state index contributed by atoms with van der Waals surface area (Å²) < 4.78 is 1.95. The SMILES string of the molecule is Cc1ccc2cc(CC(=O)O)cn2c1. The number of aryl methyl sites for hydroxylation is 1. The van der Waals surface area contributed by atoms with Gasteiger partial charge in [-0.2, -0.15) is 0 Å². The molecular weight excluding hydrogens is 178 g/mol. The Bertz CT molecular complexity index is 485. The van der Waals surface area contributed by atoms with Crippen molar-refractivity contribution in [2.24, 2.45) is 0 Å². The molecule has 0 unspecified atom stereocenters. The van der Waals surface area contributed by atoms with Crippen molar-refractivity contribution in [2.45, 2.75) is 13.3 Å². The van der Waals surface area contributed by atoms with E-state index in [1.807, 2.05) is 41.9 Å². The summed E-state index contributed by atoms with van der Waals surface area (Å²) in [6.07, 6.45) is 3.93. The molecule has 2 aromatic heterocycles. The van der Waals surface area contributed by atoms with Gasteiger partial charge in [-0.15, -0.1) is 0 Å². The van der Waals surface area contributed by atoms with Crippen molar-refractivity contribution in [3.8, 4) is 0 Å². The van der Waals surface area contributed by atoms with Gasteiger partial charge in [0.2, 0.25) is 0 Å². The van der Waals surface area contributed by atoms with Gasteiger partial charge in [0.1, 0.15) is 0 Å². The Morgan fingerprint density at radius 2 is 2.21 bits per heavy atom. The molecule has 0 radical (unpaired) electrons. The number of carboxylic acids is 1. The number of aromatic nitrogens is 1. The highest BCUT2D eigenvalue weighted by Crippen LogP contribution is 2.11. The Balaban J connectivity index is 2.46. The van der Waals surface area contributed by atoms with Gasteiger partial charge < -0.3 is 9.51 Å². The minimum absolute atomic E-state index is 0.0841. The Kier molecular flexibility index (Phi) is 2.00. The van der Waals surface area contributed by atoms with Crippen LogP contribution in [0.4, 0.5) is 0 Å². The first-order chi connectivity index (χ1) is 6.65. The molecule has 3 heteroatoms. The van der Waals surface area contributed by atoms with Crippen LogP contribution >= 0.6 is 0 Å². The molecule has 0 spiro atoms. The number of pyridine rings is 1. The summed E-state index contributed by atoms with van der Waals surface area (Å²) in [6.45, 7) is 2.01. The van der Waals surface area contributed by atoms with Crippen molar-refractivity contribution in [1.29, 1.82) is 0 Å². The minimum atomic E-state index is -0.794. The summed E-state index contributed by atoms with van der Waals surface area (Å²) in [5.41, 5.74) is 3.03. The highest BCUT2D eigenvalue weighted by Gasteiger charge is 2.03. The molecule has 14 heavy (non-hydrogen) atoms. The van der Waals surface area contributed by atoms with Crippen molar-refractivity contribution in [3.05, 3.63) is 41.7 Å². The van der Waals surface area contributed by atoms with Gasteiger partial charge in [0.05, 0.1) is 6.42 Å². The van der Waals surface area contributed by atoms with E-state index in [1.54, 1.807) is 0 Å². The van der Waals surface area contributed by atoms with E-state index in [0.717, 1.165) is 16.6 Å². The zero-order chi connectivity index (χ0) is 10.1. The van der Waals surface area contributed by atoms with Gasteiger partial charge >= 0.3 is 5.97 Å². The Labute approximate surface area is 81.6 Å². The topological polar surface area (TPSA) is 41.7 Å². The number of aliphatic carboxylic acids is 1. The van der Waals surface area contributed by atoms with Crippen LogP contribution in [0.5, 0.6) is 0 Å². The third kappa shape index (κ3) is 1.62. The van der Waals surface area contributed by atoms with Gasteiger partial charge in [-0.25, -0.2) is 0 Å². The number of carboxylic acid groups (broad SMARTS) is 1. The maximum atomic E-state index is 10.5. The number of carbonyl (C=O) groups is 1. The second-order valence-electron chi connectivity index (χ2n) is 3.46. The largest absolute Gasteiger partial charge is 0.481 e. The molecule has 2 heterocycles. The lowest BCUT2D eigenvalue weighted by Gasteiger charge is -1.94. The number of hydrogen-bond donors (Lipinski definition) is 1. The summed E-state index contributed by atoms with van der Waals surface area (Å²) in [5.74, 6) is -0.794. The first-order valence-corrected chi connectivity index (χ1v) is 4.44. The summed E-state index contributed by atoms with van der Waals surface area (Å²) >= 11 is 0. The van der Waals surface area contributed by atoms with Crippen LogP contribution in [0, 0.1) is 6.92 Å². The Morgan fingerprint density at radius 3 is 2.93 bits per heavy atom. The fourth-order valence-electron chi connectivity index (χ4n) is 1.55. The van der Waals surface area contributed by atoms with Crippen LogP contribution in [-0.4, -0.2) is 15.5 Å². The predicted octanol–water partition coefficient (Wildman–Crippen LogP) is 1.87. The normalized spacial score (nSPS) is 10.6. The molecule has 0 amide bonds. The van der Waals surface area contributed by atoms with Crippen LogP contribution in [0.15, 0.2) is 30.6 Å². The first kappa shape index (κ1) is 8.81. The molecule has 0 atom stereocenters. The molecule has 3 nitrogen and oxygen atoms in total. The maximum Gasteiger partial charge on any atom is 0.307 e. The zero-order valence-electron chi connectivity index (χ0n) is 7.90. The lowest BCUT2D eigenvalue weighted by molar-refractivity contribution is -0.136. The smallest absolute Gasteiger partial charge is 0.307 e. The highest BCUT2D eigenvalue weighted by atomic mass is 16.4. The van der Waals surface area contributed by atoms with Gasteiger partial charge in [0.15, 0.2) is 0 Å². The Hall–Kier alpha value is -1.77. The van der Waals surface area contributed by atoms with Crippen LogP contribution in [-0.2, 0) is 11.2 Å². The number of rotatable bonds is 2. The monoisotopic (exact) mass is 189 g/mol. The molecule has 0 bridgehead atoms. The fraction of sp³-hybridized carbons (Fsp3) is 0.182. The summed E-state index contributed by atoms with van der Waals surface area (Å²) in [5, 5.41) is 8.64. The maximum absolute atomic E-state index is 10.5. The molecule has 0 saturated heterocycles. The highest BCUT2D eigenvalue weighted by molar-refractivity contribution is 5.71. The minimum Gasteiger partial charge on any atom is -0.481 e. The average molecular weight is 189 g/mol. The van der Waals surface area contributed by atoms with Crippen molar-refractivity contribution in [3.63, 3.8) is 0 Å². The molecular formula is C11H11NO2. The average Bonchev–Trinajstić information content (AvgIpc) is 2.44. The van der Waals surface area contributed by atoms with Crippen LogP contribution < -0.4 is 0 Å². The van der Waals surface area contributed by atoms with Crippen LogP contribution in [0.2, 0.25) is 0 Å². The molecule has 0 fully saturated rings. The fourth-order valence-corrected chi connectivity index (χ4v) is 1.55. The zero-order valence-corrected chi connectivity index (χ0v) is 7.90. The molecule has 0 aliphatic heterocycles. The van der Waals surface area contributed by atoms with Crippen LogP contribution in [0.1, 0.15) is 11.1 Å². The lowest BCUT2D eigenvalue weighted by atomic mass is 10.2. The molecule has 72 valence electrons. The van der Waals surface area contributed by atoms with E-state index in [2.05, 4.69) is 0 Å². The van der Waals surface area contributed by atoms with E-state index in [9.17, 15) is 4.79 Å². The molecule has 0 aliphatic rings. The number of nitrogens with zero attached hydrogens (tertiary/aromatic N) is 1. The second-order valence-corrected chi connectivity index (χ2v) is 3.46. The van der Waals surface area contributed by atoms with Gasteiger partial charge in [0.25, 0.3) is 0 Å². The van der Waals surface area contributed by atoms with Gasteiger partial charge in [-0.3, -0.25) is 4.79 Å². The van der Waals surface area contributed by atoms with Crippen molar-refractivity contribution >= 4 is 11.5 Å². The van der Waals surface area contributed by atoms with E-state index in [1.165, 1.54) is 0 Å². The van der Waals surface area contributed by atoms with Gasteiger partial charge in [0, 0.05) is 17.9 Å². The van der Waals surface area contributed by atoms with E-state index in [0.29, 0.717) is 0 Å². The standard InChI is InChI=1S/C11H11NO2/c1-8-2-3-10-4-9(5-11(13)14)7-12(10)6-8/h2-4,6-7H,5H2,1H3,(H,13,14). The number of hydrogen-bond acceptors (Lipinski definition) is 1. The number of fused-ring (bicyclic) bond motifs is 1. The molecule has 0 aromatic carbocycles. The first-order valence-electron chi connectivity index (χ1n) is 4.44. The summed E-state index contributed by atoms with van der Waals surface area (Å²) in [7, 11) is 0. The van der Waals surface area contributed by atoms with E-state index >= 15 is 0 Å². The molecule has 0 aliphatic carbocycles. The van der Waals surface area contributed by atoms with Crippen LogP contribution in [0.3, 0.4) is 0 Å². The lowest BCUT2D eigenvalue weighted by Crippen LogP contribution is -1.98. The molecule has 2 rings (SSSR count). The van der Waals surface area contributed by atoms with E-state index in [4.69, 9.17) is 5.11 Å². The summed E-state index contributed by atoms with van der Waals surface area (Å²) in [6, 6.07) is 5.90.